The standard InChI is InChI=1S/C33H51N5O13/c1-17-20(13-21(17)15-29(45)46)14-26(40)35-16-18-3-5-19(6-4-18)30(47)38-24(33(50)51)7-10-25(39)36-23(9-12-28(43)44)32(49)37-22(31(48)34-2)8-11-27(41)42/h17-24H,3-16H2,1-2H3,(H,34,48)(H,35,40)(H,36,39)(H,37,49)(H,38,47)(H,41,42)(H,43,44)(H,45,46)(H,50,51)/t17?,18?,19?,20?,21?,22-,23-,24?/m0/s1. The Hall–Kier alpha value is -4.77. The Kier molecular flexibility index (Phi) is 17.3. The highest BCUT2D eigenvalue weighted by molar-refractivity contribution is 5.92. The molecule has 286 valence electrons. The molecule has 2 aliphatic carbocycles. The average molecular weight is 726 g/mol. The van der Waals surface area contributed by atoms with Crippen LogP contribution >= 0.6 is 0 Å². The molecule has 0 radical (unpaired) electrons. The molecule has 2 aliphatic rings. The summed E-state index contributed by atoms with van der Waals surface area (Å²) in [6, 6.07) is -4.13. The normalized spacial score (nSPS) is 22.8. The number of carboxylic acids is 4. The van der Waals surface area contributed by atoms with Crippen LogP contribution in [0.1, 0.15) is 90.4 Å². The Bertz CT molecular complexity index is 1300. The summed E-state index contributed by atoms with van der Waals surface area (Å²) in [5.74, 6) is -7.61. The van der Waals surface area contributed by atoms with Gasteiger partial charge in [-0.2, -0.15) is 0 Å². The second-order valence-electron chi connectivity index (χ2n) is 13.5. The van der Waals surface area contributed by atoms with Crippen molar-refractivity contribution < 1.29 is 63.6 Å². The number of carbonyl (C=O) groups excluding carboxylic acids is 5. The van der Waals surface area contributed by atoms with Crippen molar-refractivity contribution in [2.75, 3.05) is 13.6 Å². The summed E-state index contributed by atoms with van der Waals surface area (Å²) in [5, 5.41) is 49.1. The van der Waals surface area contributed by atoms with Crippen LogP contribution in [-0.2, 0) is 43.2 Å². The van der Waals surface area contributed by atoms with Gasteiger partial charge in [-0.05, 0) is 75.0 Å². The average Bonchev–Trinajstić information content (AvgIpc) is 3.07. The van der Waals surface area contributed by atoms with Gasteiger partial charge in [0.15, 0.2) is 0 Å². The van der Waals surface area contributed by atoms with Gasteiger partial charge < -0.3 is 47.0 Å². The molecule has 9 N–H and O–H groups in total. The van der Waals surface area contributed by atoms with Crippen molar-refractivity contribution in [1.29, 1.82) is 0 Å². The lowest BCUT2D eigenvalue weighted by atomic mass is 9.63. The number of hydrogen-bond acceptors (Lipinski definition) is 9. The summed E-state index contributed by atoms with van der Waals surface area (Å²) in [5.41, 5.74) is 0. The van der Waals surface area contributed by atoms with Gasteiger partial charge in [0.2, 0.25) is 29.5 Å². The fourth-order valence-electron chi connectivity index (χ4n) is 6.58. The van der Waals surface area contributed by atoms with Crippen LogP contribution in [0.3, 0.4) is 0 Å². The minimum Gasteiger partial charge on any atom is -0.481 e. The second kappa shape index (κ2) is 20.8. The number of amides is 5. The van der Waals surface area contributed by atoms with Gasteiger partial charge >= 0.3 is 23.9 Å². The third-order valence-electron chi connectivity index (χ3n) is 9.88. The molecule has 18 heteroatoms. The Labute approximate surface area is 295 Å². The quantitative estimate of drug-likeness (QED) is 0.0702. The minimum absolute atomic E-state index is 0.0912. The smallest absolute Gasteiger partial charge is 0.326 e. The van der Waals surface area contributed by atoms with Gasteiger partial charge in [0.1, 0.15) is 18.1 Å². The summed E-state index contributed by atoms with van der Waals surface area (Å²) < 4.78 is 0. The molecule has 0 aromatic heterocycles. The summed E-state index contributed by atoms with van der Waals surface area (Å²) in [6.07, 6.45) is 0.977. The van der Waals surface area contributed by atoms with Gasteiger partial charge in [0, 0.05) is 51.6 Å². The highest BCUT2D eigenvalue weighted by Crippen LogP contribution is 2.44. The number of rotatable bonds is 22. The van der Waals surface area contributed by atoms with Gasteiger partial charge in [-0.3, -0.25) is 38.4 Å². The maximum absolute atomic E-state index is 12.9. The van der Waals surface area contributed by atoms with Gasteiger partial charge in [-0.1, -0.05) is 6.92 Å². The first kappa shape index (κ1) is 42.4. The SMILES string of the molecule is CNC(=O)[C@H](CCC(=O)O)NC(=O)[C@H](CCC(=O)O)NC(=O)CCC(NC(=O)C1CCC(CNC(=O)CC2CC(CC(=O)O)C2C)CC1)C(=O)O. The molecule has 0 aromatic carbocycles. The van der Waals surface area contributed by atoms with Gasteiger partial charge in [-0.25, -0.2) is 4.79 Å². The molecular weight excluding hydrogens is 674 g/mol. The maximum atomic E-state index is 12.9. The molecule has 18 nitrogen and oxygen atoms in total. The molecule has 4 unspecified atom stereocenters. The van der Waals surface area contributed by atoms with E-state index >= 15 is 0 Å². The molecule has 51 heavy (non-hydrogen) atoms. The van der Waals surface area contributed by atoms with E-state index < -0.39 is 90.8 Å². The molecule has 2 saturated carbocycles. The Balaban J connectivity index is 1.82. The highest BCUT2D eigenvalue weighted by atomic mass is 16.4. The first-order chi connectivity index (χ1) is 24.0. The van der Waals surface area contributed by atoms with Crippen molar-refractivity contribution in [3.05, 3.63) is 0 Å². The summed E-state index contributed by atoms with van der Waals surface area (Å²) in [7, 11) is 1.28. The zero-order valence-corrected chi connectivity index (χ0v) is 29.0. The van der Waals surface area contributed by atoms with Crippen LogP contribution in [0.15, 0.2) is 0 Å². The molecule has 0 aliphatic heterocycles. The van der Waals surface area contributed by atoms with Crippen LogP contribution in [-0.4, -0.2) is 106 Å². The van der Waals surface area contributed by atoms with Gasteiger partial charge in [0.05, 0.1) is 0 Å². The van der Waals surface area contributed by atoms with E-state index in [1.807, 2.05) is 6.92 Å². The van der Waals surface area contributed by atoms with E-state index in [9.17, 15) is 48.3 Å². The number of hydrogen-bond donors (Lipinski definition) is 9. The van der Waals surface area contributed by atoms with Crippen molar-refractivity contribution in [2.45, 2.75) is 109 Å². The van der Waals surface area contributed by atoms with Crippen LogP contribution in [0.5, 0.6) is 0 Å². The van der Waals surface area contributed by atoms with Crippen molar-refractivity contribution in [3.8, 4) is 0 Å². The molecule has 2 fully saturated rings. The van der Waals surface area contributed by atoms with Crippen molar-refractivity contribution in [1.82, 2.24) is 26.6 Å². The van der Waals surface area contributed by atoms with Crippen LogP contribution in [0.2, 0.25) is 0 Å². The monoisotopic (exact) mass is 725 g/mol. The number of nitrogens with one attached hydrogen (secondary N) is 5. The molecule has 6 atom stereocenters. The summed E-state index contributed by atoms with van der Waals surface area (Å²) in [6.45, 7) is 2.41. The zero-order valence-electron chi connectivity index (χ0n) is 29.0. The molecule has 0 aromatic rings. The molecular formula is C33H51N5O13. The van der Waals surface area contributed by atoms with Crippen LogP contribution in [0.4, 0.5) is 0 Å². The van der Waals surface area contributed by atoms with E-state index in [4.69, 9.17) is 15.3 Å². The topological polar surface area (TPSA) is 295 Å². The molecule has 5 amide bonds. The van der Waals surface area contributed by atoms with E-state index in [-0.39, 0.29) is 55.3 Å². The third kappa shape index (κ3) is 14.9. The molecule has 0 spiro atoms. The fraction of sp³-hybridized carbons (Fsp3) is 0.727. The number of carboxylic acid groups (broad SMARTS) is 4. The van der Waals surface area contributed by atoms with Crippen LogP contribution in [0, 0.1) is 29.6 Å². The van der Waals surface area contributed by atoms with Crippen LogP contribution < -0.4 is 26.6 Å². The van der Waals surface area contributed by atoms with Crippen LogP contribution in [0.25, 0.3) is 0 Å². The lowest BCUT2D eigenvalue weighted by Gasteiger charge is -2.42. The summed E-state index contributed by atoms with van der Waals surface area (Å²) in [4.78, 5) is 108. The second-order valence-corrected chi connectivity index (χ2v) is 13.5. The highest BCUT2D eigenvalue weighted by Gasteiger charge is 2.39. The number of carbonyl (C=O) groups is 9. The van der Waals surface area contributed by atoms with E-state index in [1.165, 1.54) is 7.05 Å². The van der Waals surface area contributed by atoms with Gasteiger partial charge in [-0.15, -0.1) is 0 Å². The van der Waals surface area contributed by atoms with E-state index in [1.54, 1.807) is 0 Å². The van der Waals surface area contributed by atoms with E-state index in [2.05, 4.69) is 26.6 Å². The largest absolute Gasteiger partial charge is 0.481 e. The van der Waals surface area contributed by atoms with Crippen molar-refractivity contribution in [3.63, 3.8) is 0 Å². The van der Waals surface area contributed by atoms with E-state index in [0.717, 1.165) is 0 Å². The number of likely N-dealkylation sites (N-methyl/N-ethyl adjacent to an activating group) is 1. The first-order valence-electron chi connectivity index (χ1n) is 17.3. The Morgan fingerprint density at radius 3 is 1.69 bits per heavy atom. The molecule has 2 rings (SSSR count). The third-order valence-corrected chi connectivity index (χ3v) is 9.88. The summed E-state index contributed by atoms with van der Waals surface area (Å²) >= 11 is 0. The molecule has 0 bridgehead atoms. The van der Waals surface area contributed by atoms with Gasteiger partial charge in [0.25, 0.3) is 0 Å². The number of aliphatic carboxylic acids is 4. The van der Waals surface area contributed by atoms with Crippen molar-refractivity contribution in [2.24, 2.45) is 29.6 Å². The predicted molar refractivity (Wildman–Crippen MR) is 177 cm³/mol. The Morgan fingerprint density at radius 1 is 0.627 bits per heavy atom. The predicted octanol–water partition coefficient (Wildman–Crippen LogP) is -0.159. The van der Waals surface area contributed by atoms with E-state index in [0.29, 0.717) is 45.1 Å². The lowest BCUT2D eigenvalue weighted by molar-refractivity contribution is -0.143. The lowest BCUT2D eigenvalue weighted by Crippen LogP contribution is -2.53. The zero-order chi connectivity index (χ0) is 38.2. The Morgan fingerprint density at radius 2 is 1.18 bits per heavy atom. The maximum Gasteiger partial charge on any atom is 0.326 e. The molecule has 0 heterocycles. The van der Waals surface area contributed by atoms with Crippen molar-refractivity contribution >= 4 is 53.4 Å². The minimum atomic E-state index is -1.43. The fourth-order valence-corrected chi connectivity index (χ4v) is 6.58. The first-order valence-corrected chi connectivity index (χ1v) is 17.3. The molecule has 0 saturated heterocycles.